The number of hydrogen-bond donors (Lipinski definition) is 0. The highest BCUT2D eigenvalue weighted by molar-refractivity contribution is 5.82. The van der Waals surface area contributed by atoms with E-state index in [1.807, 2.05) is 0 Å². The number of ketones is 1. The average Bonchev–Trinajstić information content (AvgIpc) is 1.84. The lowest BCUT2D eigenvalue weighted by molar-refractivity contribution is -0.123. The summed E-state index contributed by atoms with van der Waals surface area (Å²) in [5, 5.41) is 0. The van der Waals surface area contributed by atoms with Gasteiger partial charge < -0.3 is 0 Å². The van der Waals surface area contributed by atoms with Crippen molar-refractivity contribution in [2.45, 2.75) is 32.9 Å². The number of rotatable bonds is 3. The van der Waals surface area contributed by atoms with E-state index < -0.39 is 6.17 Å². The molecule has 0 saturated heterocycles. The zero-order chi connectivity index (χ0) is 6.57. The molecule has 0 radical (unpaired) electrons. The van der Waals surface area contributed by atoms with Gasteiger partial charge in [0.15, 0.2) is 12.0 Å². The maximum absolute atomic E-state index is 12.2. The van der Waals surface area contributed by atoms with Gasteiger partial charge in [-0.2, -0.15) is 0 Å². The summed E-state index contributed by atoms with van der Waals surface area (Å²) in [5.74, 6) is -0.285. The lowest BCUT2D eigenvalue weighted by Gasteiger charge is -1.98. The maximum Gasteiger partial charge on any atom is 0.166 e. The molecule has 0 aromatic heterocycles. The van der Waals surface area contributed by atoms with Crippen molar-refractivity contribution in [1.29, 1.82) is 0 Å². The lowest BCUT2D eigenvalue weighted by Crippen LogP contribution is -2.12. The van der Waals surface area contributed by atoms with Crippen LogP contribution in [-0.2, 0) is 4.79 Å². The summed E-state index contributed by atoms with van der Waals surface area (Å²) in [6.45, 7) is 3.34. The summed E-state index contributed by atoms with van der Waals surface area (Å²) >= 11 is 0. The Hall–Kier alpha value is -0.400. The number of carbonyl (C=O) groups excluding carboxylic acids is 1. The third-order valence-corrected chi connectivity index (χ3v) is 1.06. The molecule has 0 aliphatic heterocycles. The first-order valence-electron chi connectivity index (χ1n) is 2.89. The van der Waals surface area contributed by atoms with Gasteiger partial charge in [0, 0.05) is 6.42 Å². The van der Waals surface area contributed by atoms with E-state index in [9.17, 15) is 9.18 Å². The zero-order valence-corrected chi connectivity index (χ0v) is 5.28. The second-order valence-electron chi connectivity index (χ2n) is 1.70. The average molecular weight is 118 g/mol. The standard InChI is InChI=1S/C6H11FO/c1-3-5(7)6(8)4-2/h5H,3-4H2,1-2H3. The fraction of sp³-hybridized carbons (Fsp3) is 0.833. The van der Waals surface area contributed by atoms with Gasteiger partial charge in [-0.3, -0.25) is 4.79 Å². The highest BCUT2D eigenvalue weighted by Crippen LogP contribution is 1.99. The Morgan fingerprint density at radius 2 is 2.12 bits per heavy atom. The summed E-state index contributed by atoms with van der Waals surface area (Å²) in [6, 6.07) is 0. The first-order valence-corrected chi connectivity index (χ1v) is 2.89. The van der Waals surface area contributed by atoms with Gasteiger partial charge in [0.25, 0.3) is 0 Å². The molecular formula is C6H11FO. The first-order chi connectivity index (χ1) is 3.72. The molecule has 1 unspecified atom stereocenters. The predicted molar refractivity (Wildman–Crippen MR) is 30.5 cm³/mol. The van der Waals surface area contributed by atoms with Gasteiger partial charge in [-0.05, 0) is 6.42 Å². The van der Waals surface area contributed by atoms with Crippen LogP contribution in [0.2, 0.25) is 0 Å². The van der Waals surface area contributed by atoms with Crippen molar-refractivity contribution in [3.8, 4) is 0 Å². The molecule has 0 aliphatic rings. The fourth-order valence-corrected chi connectivity index (χ4v) is 0.449. The van der Waals surface area contributed by atoms with Gasteiger partial charge >= 0.3 is 0 Å². The van der Waals surface area contributed by atoms with Crippen LogP contribution in [0.4, 0.5) is 4.39 Å². The van der Waals surface area contributed by atoms with E-state index >= 15 is 0 Å². The first kappa shape index (κ1) is 7.60. The quantitative estimate of drug-likeness (QED) is 0.551. The Morgan fingerprint density at radius 3 is 2.25 bits per heavy atom. The van der Waals surface area contributed by atoms with Crippen LogP contribution in [0.3, 0.4) is 0 Å². The van der Waals surface area contributed by atoms with Crippen molar-refractivity contribution in [2.75, 3.05) is 0 Å². The molecule has 1 atom stereocenters. The van der Waals surface area contributed by atoms with Crippen LogP contribution < -0.4 is 0 Å². The SMILES string of the molecule is CCC(=O)C(F)CC. The highest BCUT2D eigenvalue weighted by Gasteiger charge is 2.10. The molecule has 0 spiro atoms. The smallest absolute Gasteiger partial charge is 0.166 e. The second kappa shape index (κ2) is 3.58. The van der Waals surface area contributed by atoms with Crippen molar-refractivity contribution >= 4 is 5.78 Å². The van der Waals surface area contributed by atoms with Gasteiger partial charge in [0.1, 0.15) is 0 Å². The largest absolute Gasteiger partial charge is 0.296 e. The van der Waals surface area contributed by atoms with Crippen LogP contribution in [0.25, 0.3) is 0 Å². The number of hydrogen-bond acceptors (Lipinski definition) is 1. The molecule has 0 saturated carbocycles. The minimum Gasteiger partial charge on any atom is -0.296 e. The van der Waals surface area contributed by atoms with Gasteiger partial charge in [-0.15, -0.1) is 0 Å². The summed E-state index contributed by atoms with van der Waals surface area (Å²) in [5.41, 5.74) is 0. The lowest BCUT2D eigenvalue weighted by atomic mass is 10.2. The Bertz CT molecular complexity index is 80.6. The van der Waals surface area contributed by atoms with Crippen LogP contribution in [-0.4, -0.2) is 12.0 Å². The van der Waals surface area contributed by atoms with Crippen LogP contribution in [0.5, 0.6) is 0 Å². The molecule has 0 aromatic rings. The molecule has 1 nitrogen and oxygen atoms in total. The van der Waals surface area contributed by atoms with E-state index in [2.05, 4.69) is 0 Å². The molecule has 2 heteroatoms. The van der Waals surface area contributed by atoms with E-state index in [0.29, 0.717) is 12.8 Å². The summed E-state index contributed by atoms with van der Waals surface area (Å²) in [7, 11) is 0. The van der Waals surface area contributed by atoms with E-state index in [4.69, 9.17) is 0 Å². The molecule has 0 bridgehead atoms. The van der Waals surface area contributed by atoms with Gasteiger partial charge in [-0.25, -0.2) is 4.39 Å². The topological polar surface area (TPSA) is 17.1 Å². The van der Waals surface area contributed by atoms with Gasteiger partial charge in [0.2, 0.25) is 0 Å². The zero-order valence-electron chi connectivity index (χ0n) is 5.28. The van der Waals surface area contributed by atoms with Crippen LogP contribution in [0, 0.1) is 0 Å². The van der Waals surface area contributed by atoms with E-state index in [-0.39, 0.29) is 5.78 Å². The number of Topliss-reactive ketones (excluding diaryl/α,β-unsaturated/α-hetero) is 1. The van der Waals surface area contributed by atoms with Gasteiger partial charge in [0.05, 0.1) is 0 Å². The Balaban J connectivity index is 3.46. The minimum atomic E-state index is -1.22. The summed E-state index contributed by atoms with van der Waals surface area (Å²) in [6.07, 6.45) is -0.596. The molecule has 48 valence electrons. The highest BCUT2D eigenvalue weighted by atomic mass is 19.1. The Kier molecular flexibility index (Phi) is 3.40. The van der Waals surface area contributed by atoms with Gasteiger partial charge in [-0.1, -0.05) is 13.8 Å². The molecule has 0 fully saturated rings. The molecule has 8 heavy (non-hydrogen) atoms. The maximum atomic E-state index is 12.2. The molecular weight excluding hydrogens is 107 g/mol. The van der Waals surface area contributed by atoms with Crippen molar-refractivity contribution in [3.05, 3.63) is 0 Å². The minimum absolute atomic E-state index is 0.285. The number of alkyl halides is 1. The van der Waals surface area contributed by atoms with Crippen molar-refractivity contribution in [2.24, 2.45) is 0 Å². The third kappa shape index (κ3) is 2.05. The Morgan fingerprint density at radius 1 is 1.62 bits per heavy atom. The van der Waals surface area contributed by atoms with E-state index in [0.717, 1.165) is 0 Å². The number of halogens is 1. The number of carbonyl (C=O) groups is 1. The Labute approximate surface area is 48.9 Å². The summed E-state index contributed by atoms with van der Waals surface area (Å²) < 4.78 is 12.2. The predicted octanol–water partition coefficient (Wildman–Crippen LogP) is 1.71. The van der Waals surface area contributed by atoms with Crippen LogP contribution in [0.15, 0.2) is 0 Å². The molecule has 0 heterocycles. The summed E-state index contributed by atoms with van der Waals surface area (Å²) in [4.78, 5) is 10.4. The van der Waals surface area contributed by atoms with Crippen molar-refractivity contribution in [1.82, 2.24) is 0 Å². The van der Waals surface area contributed by atoms with E-state index in [1.54, 1.807) is 13.8 Å². The van der Waals surface area contributed by atoms with Crippen molar-refractivity contribution in [3.63, 3.8) is 0 Å². The van der Waals surface area contributed by atoms with E-state index in [1.165, 1.54) is 0 Å². The molecule has 0 aromatic carbocycles. The van der Waals surface area contributed by atoms with Crippen molar-refractivity contribution < 1.29 is 9.18 Å². The molecule has 0 N–H and O–H groups in total. The normalized spacial score (nSPS) is 13.4. The molecule has 0 rings (SSSR count). The second-order valence-corrected chi connectivity index (χ2v) is 1.70. The van der Waals surface area contributed by atoms with Crippen LogP contribution in [0.1, 0.15) is 26.7 Å². The molecule has 0 amide bonds. The molecule has 0 aliphatic carbocycles. The monoisotopic (exact) mass is 118 g/mol. The van der Waals surface area contributed by atoms with Crippen LogP contribution >= 0.6 is 0 Å². The fourth-order valence-electron chi connectivity index (χ4n) is 0.449. The third-order valence-electron chi connectivity index (χ3n) is 1.06.